The Morgan fingerprint density at radius 2 is 2.31 bits per heavy atom. The molecule has 0 aromatic carbocycles. The molecule has 0 aromatic rings. The second-order valence-corrected chi connectivity index (χ2v) is 4.68. The maximum Gasteiger partial charge on any atom is 0.242 e. The quantitative estimate of drug-likeness (QED) is 0.609. The minimum Gasteiger partial charge on any atom is -0.394 e. The van der Waals surface area contributed by atoms with E-state index in [0.717, 1.165) is 6.42 Å². The molecule has 0 saturated carbocycles. The van der Waals surface area contributed by atoms with Crippen molar-refractivity contribution in [3.8, 4) is 0 Å². The summed E-state index contributed by atoms with van der Waals surface area (Å²) in [6.45, 7) is 4.00. The van der Waals surface area contributed by atoms with E-state index in [9.17, 15) is 9.59 Å². The predicted molar refractivity (Wildman–Crippen MR) is 59.6 cm³/mol. The van der Waals surface area contributed by atoms with Gasteiger partial charge in [0.25, 0.3) is 0 Å². The lowest BCUT2D eigenvalue weighted by atomic mass is 10.0. The summed E-state index contributed by atoms with van der Waals surface area (Å²) < 4.78 is 0. The Morgan fingerprint density at radius 1 is 1.62 bits per heavy atom. The molecular formula is C11H20N2O3. The molecule has 1 heterocycles. The lowest BCUT2D eigenvalue weighted by Gasteiger charge is -2.20. The van der Waals surface area contributed by atoms with Crippen molar-refractivity contribution < 1.29 is 14.7 Å². The summed E-state index contributed by atoms with van der Waals surface area (Å²) in [5, 5.41) is 14.5. The third kappa shape index (κ3) is 3.81. The van der Waals surface area contributed by atoms with Crippen LogP contribution in [0.2, 0.25) is 0 Å². The van der Waals surface area contributed by atoms with Crippen LogP contribution in [-0.4, -0.2) is 35.6 Å². The van der Waals surface area contributed by atoms with E-state index in [1.807, 2.05) is 13.8 Å². The van der Waals surface area contributed by atoms with Crippen LogP contribution in [0.25, 0.3) is 0 Å². The number of nitrogens with one attached hydrogen (secondary N) is 2. The molecule has 0 radical (unpaired) electrons. The van der Waals surface area contributed by atoms with Gasteiger partial charge in [-0.1, -0.05) is 13.8 Å². The van der Waals surface area contributed by atoms with Gasteiger partial charge in [0.2, 0.25) is 11.8 Å². The Balaban J connectivity index is 2.39. The zero-order valence-corrected chi connectivity index (χ0v) is 9.82. The molecular weight excluding hydrogens is 208 g/mol. The molecule has 16 heavy (non-hydrogen) atoms. The van der Waals surface area contributed by atoms with Crippen LogP contribution in [0.5, 0.6) is 0 Å². The first-order valence-corrected chi connectivity index (χ1v) is 5.73. The van der Waals surface area contributed by atoms with E-state index < -0.39 is 6.04 Å². The SMILES string of the molecule is CC(C)CC(CO)NC(=O)C1CCC(=O)N1. The molecule has 1 saturated heterocycles. The van der Waals surface area contributed by atoms with E-state index in [4.69, 9.17) is 5.11 Å². The fourth-order valence-corrected chi connectivity index (χ4v) is 1.86. The van der Waals surface area contributed by atoms with E-state index in [1.165, 1.54) is 0 Å². The van der Waals surface area contributed by atoms with Crippen LogP contribution < -0.4 is 10.6 Å². The molecule has 5 nitrogen and oxygen atoms in total. The molecule has 0 bridgehead atoms. The molecule has 2 atom stereocenters. The van der Waals surface area contributed by atoms with Gasteiger partial charge in [0, 0.05) is 6.42 Å². The molecule has 0 aromatic heterocycles. The normalized spacial score (nSPS) is 22.0. The highest BCUT2D eigenvalue weighted by atomic mass is 16.3. The van der Waals surface area contributed by atoms with Crippen LogP contribution in [0, 0.1) is 5.92 Å². The van der Waals surface area contributed by atoms with Crippen molar-refractivity contribution in [2.45, 2.75) is 45.2 Å². The second-order valence-electron chi connectivity index (χ2n) is 4.68. The highest BCUT2D eigenvalue weighted by Gasteiger charge is 2.28. The van der Waals surface area contributed by atoms with E-state index >= 15 is 0 Å². The van der Waals surface area contributed by atoms with Gasteiger partial charge < -0.3 is 15.7 Å². The fourth-order valence-electron chi connectivity index (χ4n) is 1.86. The summed E-state index contributed by atoms with van der Waals surface area (Å²) >= 11 is 0. The predicted octanol–water partition coefficient (Wildman–Crippen LogP) is -0.212. The summed E-state index contributed by atoms with van der Waals surface area (Å²) in [7, 11) is 0. The number of amides is 2. The smallest absolute Gasteiger partial charge is 0.242 e. The Kier molecular flexibility index (Phi) is 4.73. The molecule has 0 aliphatic carbocycles. The Morgan fingerprint density at radius 3 is 2.75 bits per heavy atom. The molecule has 3 N–H and O–H groups in total. The van der Waals surface area contributed by atoms with E-state index in [2.05, 4.69) is 10.6 Å². The molecule has 1 aliphatic heterocycles. The van der Waals surface area contributed by atoms with Crippen LogP contribution in [0.4, 0.5) is 0 Å². The van der Waals surface area contributed by atoms with Gasteiger partial charge in [-0.15, -0.1) is 0 Å². The minimum atomic E-state index is -0.422. The highest BCUT2D eigenvalue weighted by molar-refractivity contribution is 5.90. The summed E-state index contributed by atoms with van der Waals surface area (Å²) in [6.07, 6.45) is 1.69. The number of hydrogen-bond acceptors (Lipinski definition) is 3. The monoisotopic (exact) mass is 228 g/mol. The summed E-state index contributed by atoms with van der Waals surface area (Å²) in [5.74, 6) is 0.144. The van der Waals surface area contributed by atoms with Crippen LogP contribution in [-0.2, 0) is 9.59 Å². The molecule has 2 amide bonds. The van der Waals surface area contributed by atoms with Crippen LogP contribution >= 0.6 is 0 Å². The lowest BCUT2D eigenvalue weighted by molar-refractivity contribution is -0.126. The topological polar surface area (TPSA) is 78.4 Å². The van der Waals surface area contributed by atoms with Gasteiger partial charge in [0.15, 0.2) is 0 Å². The van der Waals surface area contributed by atoms with E-state index in [0.29, 0.717) is 18.8 Å². The molecule has 1 fully saturated rings. The van der Waals surface area contributed by atoms with Crippen molar-refractivity contribution in [3.63, 3.8) is 0 Å². The first-order valence-electron chi connectivity index (χ1n) is 5.73. The van der Waals surface area contributed by atoms with Gasteiger partial charge in [-0.05, 0) is 18.8 Å². The zero-order valence-electron chi connectivity index (χ0n) is 9.82. The zero-order chi connectivity index (χ0) is 12.1. The minimum absolute atomic E-state index is 0.0649. The summed E-state index contributed by atoms with van der Waals surface area (Å²) in [4.78, 5) is 22.7. The summed E-state index contributed by atoms with van der Waals surface area (Å²) in [5.41, 5.74) is 0. The van der Waals surface area contributed by atoms with Crippen molar-refractivity contribution in [2.24, 2.45) is 5.92 Å². The number of carbonyl (C=O) groups excluding carboxylic acids is 2. The first kappa shape index (κ1) is 13.0. The average molecular weight is 228 g/mol. The molecule has 1 rings (SSSR count). The van der Waals surface area contributed by atoms with Gasteiger partial charge in [0.05, 0.1) is 12.6 Å². The first-order chi connectivity index (χ1) is 7.52. The van der Waals surface area contributed by atoms with Crippen molar-refractivity contribution in [2.75, 3.05) is 6.61 Å². The molecule has 5 heteroatoms. The number of hydrogen-bond donors (Lipinski definition) is 3. The van der Waals surface area contributed by atoms with Gasteiger partial charge in [-0.2, -0.15) is 0 Å². The standard InChI is InChI=1S/C11H20N2O3/c1-7(2)5-8(6-14)12-11(16)9-3-4-10(15)13-9/h7-9,14H,3-6H2,1-2H3,(H,12,16)(H,13,15). The highest BCUT2D eigenvalue weighted by Crippen LogP contribution is 2.08. The molecule has 92 valence electrons. The van der Waals surface area contributed by atoms with Gasteiger partial charge in [-0.3, -0.25) is 9.59 Å². The van der Waals surface area contributed by atoms with E-state index in [-0.39, 0.29) is 24.5 Å². The van der Waals surface area contributed by atoms with Gasteiger partial charge in [-0.25, -0.2) is 0 Å². The van der Waals surface area contributed by atoms with Crippen LogP contribution in [0.3, 0.4) is 0 Å². The van der Waals surface area contributed by atoms with E-state index in [1.54, 1.807) is 0 Å². The van der Waals surface area contributed by atoms with Gasteiger partial charge in [0.1, 0.15) is 6.04 Å². The number of carbonyl (C=O) groups is 2. The Bertz CT molecular complexity index is 266. The maximum atomic E-state index is 11.7. The average Bonchev–Trinajstić information content (AvgIpc) is 2.63. The molecule has 2 unspecified atom stereocenters. The number of rotatable bonds is 5. The molecule has 0 spiro atoms. The Labute approximate surface area is 95.6 Å². The summed E-state index contributed by atoms with van der Waals surface area (Å²) in [6, 6.07) is -0.640. The Hall–Kier alpha value is -1.10. The van der Waals surface area contributed by atoms with Crippen molar-refractivity contribution in [1.82, 2.24) is 10.6 Å². The maximum absolute atomic E-state index is 11.7. The van der Waals surface area contributed by atoms with Crippen molar-refractivity contribution >= 4 is 11.8 Å². The fraction of sp³-hybridized carbons (Fsp3) is 0.818. The van der Waals surface area contributed by atoms with Gasteiger partial charge >= 0.3 is 0 Å². The third-order valence-electron chi connectivity index (χ3n) is 2.63. The second kappa shape index (κ2) is 5.84. The van der Waals surface area contributed by atoms with Crippen molar-refractivity contribution in [3.05, 3.63) is 0 Å². The number of aliphatic hydroxyl groups excluding tert-OH is 1. The largest absolute Gasteiger partial charge is 0.394 e. The van der Waals surface area contributed by atoms with Crippen LogP contribution in [0.1, 0.15) is 33.1 Å². The van der Waals surface area contributed by atoms with Crippen LogP contribution in [0.15, 0.2) is 0 Å². The van der Waals surface area contributed by atoms with Crippen molar-refractivity contribution in [1.29, 1.82) is 0 Å². The third-order valence-corrected chi connectivity index (χ3v) is 2.63. The number of aliphatic hydroxyl groups is 1. The molecule has 1 aliphatic rings. The lowest BCUT2D eigenvalue weighted by Crippen LogP contribution is -2.47.